The fourth-order valence-corrected chi connectivity index (χ4v) is 4.62. The van der Waals surface area contributed by atoms with Crippen LogP contribution >= 0.6 is 0 Å². The van der Waals surface area contributed by atoms with Gasteiger partial charge in [-0.2, -0.15) is 4.31 Å². The van der Waals surface area contributed by atoms with Crippen molar-refractivity contribution in [1.29, 1.82) is 0 Å². The molecule has 2 rings (SSSR count). The fraction of sp³-hybridized carbons (Fsp3) is 0.538. The molecule has 0 saturated carbocycles. The minimum absolute atomic E-state index is 0.0338. The van der Waals surface area contributed by atoms with Gasteiger partial charge in [-0.25, -0.2) is 8.42 Å². The van der Waals surface area contributed by atoms with Gasteiger partial charge in [-0.05, 0) is 24.3 Å². The zero-order valence-corrected chi connectivity index (χ0v) is 12.8. The van der Waals surface area contributed by atoms with Crippen molar-refractivity contribution in [3.8, 4) is 0 Å². The number of rotatable bonds is 3. The smallest absolute Gasteiger partial charge is 0.270 e. The Balaban J connectivity index is 2.44. The van der Waals surface area contributed by atoms with Crippen molar-refractivity contribution >= 4 is 21.4 Å². The first-order valence-electron chi connectivity index (χ1n) is 6.76. The van der Waals surface area contributed by atoms with Crippen LogP contribution in [0.25, 0.3) is 0 Å². The second kappa shape index (κ2) is 5.61. The maximum absolute atomic E-state index is 12.7. The van der Waals surface area contributed by atoms with Crippen molar-refractivity contribution in [2.24, 2.45) is 11.8 Å². The summed E-state index contributed by atoms with van der Waals surface area (Å²) in [6.45, 7) is 4.81. The molecule has 0 amide bonds. The Morgan fingerprint density at radius 1 is 1.29 bits per heavy atom. The Morgan fingerprint density at radius 3 is 2.38 bits per heavy atom. The topological polar surface area (TPSA) is 107 Å². The van der Waals surface area contributed by atoms with Crippen LogP contribution in [0.3, 0.4) is 0 Å². The van der Waals surface area contributed by atoms with Crippen LogP contribution in [0, 0.1) is 22.0 Å². The van der Waals surface area contributed by atoms with Gasteiger partial charge in [0.25, 0.3) is 5.69 Å². The summed E-state index contributed by atoms with van der Waals surface area (Å²) in [5, 5.41) is 10.8. The Hall–Kier alpha value is -1.67. The number of nitrogens with two attached hydrogens (primary N) is 1. The Morgan fingerprint density at radius 2 is 1.86 bits per heavy atom. The average Bonchev–Trinajstić information content (AvgIpc) is 2.37. The first-order chi connectivity index (χ1) is 9.71. The zero-order chi connectivity index (χ0) is 15.8. The van der Waals surface area contributed by atoms with Crippen LogP contribution in [0.4, 0.5) is 11.4 Å². The lowest BCUT2D eigenvalue weighted by atomic mass is 9.94. The van der Waals surface area contributed by atoms with Gasteiger partial charge in [0, 0.05) is 25.2 Å². The van der Waals surface area contributed by atoms with E-state index in [4.69, 9.17) is 5.73 Å². The number of nitro groups is 1. The molecule has 1 aromatic carbocycles. The summed E-state index contributed by atoms with van der Waals surface area (Å²) in [5.74, 6) is 0.506. The molecule has 0 aliphatic carbocycles. The Labute approximate surface area is 123 Å². The molecule has 0 aromatic heterocycles. The van der Waals surface area contributed by atoms with E-state index in [9.17, 15) is 18.5 Å². The highest BCUT2D eigenvalue weighted by molar-refractivity contribution is 7.89. The van der Waals surface area contributed by atoms with E-state index in [-0.39, 0.29) is 28.1 Å². The lowest BCUT2D eigenvalue weighted by molar-refractivity contribution is -0.385. The van der Waals surface area contributed by atoms with E-state index < -0.39 is 14.9 Å². The highest BCUT2D eigenvalue weighted by atomic mass is 32.2. The number of sulfonamides is 1. The monoisotopic (exact) mass is 313 g/mol. The highest BCUT2D eigenvalue weighted by Crippen LogP contribution is 2.31. The minimum Gasteiger partial charge on any atom is -0.398 e. The predicted molar refractivity (Wildman–Crippen MR) is 79.2 cm³/mol. The predicted octanol–water partition coefficient (Wildman–Crippen LogP) is 1.84. The summed E-state index contributed by atoms with van der Waals surface area (Å²) < 4.78 is 26.8. The molecule has 1 aliphatic heterocycles. The van der Waals surface area contributed by atoms with Crippen molar-refractivity contribution in [1.82, 2.24) is 4.31 Å². The number of benzene rings is 1. The molecule has 116 valence electrons. The van der Waals surface area contributed by atoms with Gasteiger partial charge in [-0.1, -0.05) is 13.8 Å². The first kappa shape index (κ1) is 15.7. The van der Waals surface area contributed by atoms with Crippen LogP contribution in [-0.4, -0.2) is 30.7 Å². The molecule has 1 fully saturated rings. The third kappa shape index (κ3) is 3.16. The van der Waals surface area contributed by atoms with Gasteiger partial charge >= 0.3 is 0 Å². The molecular formula is C13H19N3O4S. The summed E-state index contributed by atoms with van der Waals surface area (Å²) in [5.41, 5.74) is 5.48. The molecule has 2 atom stereocenters. The molecule has 1 heterocycles. The number of non-ortho nitro benzene ring substituents is 1. The first-order valence-corrected chi connectivity index (χ1v) is 8.20. The zero-order valence-electron chi connectivity index (χ0n) is 12.0. The molecule has 1 aromatic rings. The van der Waals surface area contributed by atoms with Crippen LogP contribution in [0.2, 0.25) is 0 Å². The van der Waals surface area contributed by atoms with Crippen molar-refractivity contribution < 1.29 is 13.3 Å². The summed E-state index contributed by atoms with van der Waals surface area (Å²) >= 11 is 0. The van der Waals surface area contributed by atoms with Gasteiger partial charge in [-0.3, -0.25) is 10.1 Å². The van der Waals surface area contributed by atoms with E-state index in [2.05, 4.69) is 0 Å². The fourth-order valence-electron chi connectivity index (χ4n) is 2.80. The Kier molecular flexibility index (Phi) is 4.20. The highest BCUT2D eigenvalue weighted by Gasteiger charge is 2.33. The van der Waals surface area contributed by atoms with Gasteiger partial charge < -0.3 is 5.73 Å². The van der Waals surface area contributed by atoms with Crippen molar-refractivity contribution in [3.05, 3.63) is 28.3 Å². The van der Waals surface area contributed by atoms with Gasteiger partial charge in [0.2, 0.25) is 10.0 Å². The van der Waals surface area contributed by atoms with Crippen LogP contribution in [0.5, 0.6) is 0 Å². The number of anilines is 1. The molecular weight excluding hydrogens is 294 g/mol. The molecule has 21 heavy (non-hydrogen) atoms. The number of hydrogen-bond donors (Lipinski definition) is 1. The summed E-state index contributed by atoms with van der Waals surface area (Å²) in [4.78, 5) is 10.0. The standard InChI is InChI=1S/C13H19N3O4S/c1-9-5-10(2)8-15(7-9)21(19,20)13-6-11(16(17)18)3-4-12(13)14/h3-4,6,9-10H,5,7-8,14H2,1-2H3. The SMILES string of the molecule is CC1CC(C)CN(S(=O)(=O)c2cc([N+](=O)[O-])ccc2N)C1. The quantitative estimate of drug-likeness (QED) is 0.520. The third-order valence-corrected chi connectivity index (χ3v) is 5.55. The van der Waals surface area contributed by atoms with E-state index in [0.717, 1.165) is 12.5 Å². The molecule has 1 saturated heterocycles. The lowest BCUT2D eigenvalue weighted by Gasteiger charge is -2.34. The van der Waals surface area contributed by atoms with E-state index in [1.165, 1.54) is 16.4 Å². The number of hydrogen-bond acceptors (Lipinski definition) is 5. The van der Waals surface area contributed by atoms with Gasteiger partial charge in [0.1, 0.15) is 4.90 Å². The van der Waals surface area contributed by atoms with Gasteiger partial charge in [0.15, 0.2) is 0 Å². The maximum Gasteiger partial charge on any atom is 0.270 e. The molecule has 1 aliphatic rings. The van der Waals surface area contributed by atoms with Crippen molar-refractivity contribution in [3.63, 3.8) is 0 Å². The van der Waals surface area contributed by atoms with E-state index in [0.29, 0.717) is 13.1 Å². The maximum atomic E-state index is 12.7. The largest absolute Gasteiger partial charge is 0.398 e. The number of piperidine rings is 1. The van der Waals surface area contributed by atoms with Crippen LogP contribution < -0.4 is 5.73 Å². The lowest BCUT2D eigenvalue weighted by Crippen LogP contribution is -2.42. The molecule has 2 N–H and O–H groups in total. The second-order valence-electron chi connectivity index (χ2n) is 5.75. The van der Waals surface area contributed by atoms with Crippen LogP contribution in [0.15, 0.2) is 23.1 Å². The number of nitrogen functional groups attached to an aromatic ring is 1. The van der Waals surface area contributed by atoms with Crippen molar-refractivity contribution in [2.75, 3.05) is 18.8 Å². The molecule has 2 unspecified atom stereocenters. The minimum atomic E-state index is -3.81. The average molecular weight is 313 g/mol. The molecule has 0 radical (unpaired) electrons. The second-order valence-corrected chi connectivity index (χ2v) is 7.65. The van der Waals surface area contributed by atoms with Crippen LogP contribution in [0.1, 0.15) is 20.3 Å². The van der Waals surface area contributed by atoms with Gasteiger partial charge in [0.05, 0.1) is 10.6 Å². The van der Waals surface area contributed by atoms with E-state index in [1.54, 1.807) is 0 Å². The molecule has 0 bridgehead atoms. The van der Waals surface area contributed by atoms with E-state index >= 15 is 0 Å². The summed E-state index contributed by atoms with van der Waals surface area (Å²) in [7, 11) is -3.81. The third-order valence-electron chi connectivity index (χ3n) is 3.66. The number of nitrogens with zero attached hydrogens (tertiary/aromatic N) is 2. The van der Waals surface area contributed by atoms with Gasteiger partial charge in [-0.15, -0.1) is 0 Å². The van der Waals surface area contributed by atoms with Crippen molar-refractivity contribution in [2.45, 2.75) is 25.2 Å². The summed E-state index contributed by atoms with van der Waals surface area (Å²) in [6, 6.07) is 3.51. The van der Waals surface area contributed by atoms with Crippen LogP contribution in [-0.2, 0) is 10.0 Å². The normalized spacial score (nSPS) is 23.9. The number of nitro benzene ring substituents is 1. The Bertz CT molecular complexity index is 649. The molecule has 0 spiro atoms. The summed E-state index contributed by atoms with van der Waals surface area (Å²) in [6.07, 6.45) is 0.969. The molecule has 7 nitrogen and oxygen atoms in total. The molecule has 8 heteroatoms. The van der Waals surface area contributed by atoms with E-state index in [1.807, 2.05) is 13.8 Å².